The summed E-state index contributed by atoms with van der Waals surface area (Å²) in [7, 11) is 0. The average molecular weight is 350 g/mol. The molecular formula is C21H34O4. The number of hydrogen-bond donors (Lipinski definition) is 3. The minimum absolute atomic E-state index is 0.0654. The minimum atomic E-state index is -1.01. The van der Waals surface area contributed by atoms with Crippen LogP contribution in [-0.4, -0.2) is 39.4 Å². The van der Waals surface area contributed by atoms with Gasteiger partial charge in [0.15, 0.2) is 0 Å². The summed E-state index contributed by atoms with van der Waals surface area (Å²) in [5.74, 6) is 2.17. The number of carbonyl (C=O) groups excluding carboxylic acids is 1. The van der Waals surface area contributed by atoms with Crippen LogP contribution in [0, 0.1) is 40.4 Å². The first kappa shape index (κ1) is 17.9. The van der Waals surface area contributed by atoms with Crippen molar-refractivity contribution >= 4 is 5.78 Å². The van der Waals surface area contributed by atoms with Gasteiger partial charge in [0.05, 0.1) is 12.2 Å². The third kappa shape index (κ3) is 2.26. The van der Waals surface area contributed by atoms with Crippen LogP contribution in [0.4, 0.5) is 0 Å². The van der Waals surface area contributed by atoms with Gasteiger partial charge in [-0.1, -0.05) is 20.8 Å². The Morgan fingerprint density at radius 2 is 1.68 bits per heavy atom. The van der Waals surface area contributed by atoms with Gasteiger partial charge in [0.25, 0.3) is 0 Å². The first-order valence-electron chi connectivity index (χ1n) is 10.3. The molecule has 0 heterocycles. The molecule has 25 heavy (non-hydrogen) atoms. The number of ketones is 1. The van der Waals surface area contributed by atoms with Gasteiger partial charge in [0, 0.05) is 12.3 Å². The third-order valence-electron chi connectivity index (χ3n) is 9.20. The van der Waals surface area contributed by atoms with Crippen molar-refractivity contribution in [3.8, 4) is 0 Å². The summed E-state index contributed by atoms with van der Waals surface area (Å²) >= 11 is 0. The van der Waals surface area contributed by atoms with E-state index in [2.05, 4.69) is 20.8 Å². The van der Waals surface area contributed by atoms with Gasteiger partial charge in [-0.3, -0.25) is 4.79 Å². The van der Waals surface area contributed by atoms with Crippen LogP contribution in [-0.2, 0) is 4.79 Å². The van der Waals surface area contributed by atoms with E-state index in [9.17, 15) is 20.1 Å². The van der Waals surface area contributed by atoms with E-state index in [1.807, 2.05) is 0 Å². The Bertz CT molecular complexity index is 562. The van der Waals surface area contributed by atoms with E-state index < -0.39 is 18.3 Å². The number of carbonyl (C=O) groups is 1. The molecule has 0 aliphatic heterocycles. The van der Waals surface area contributed by atoms with Crippen LogP contribution in [0.25, 0.3) is 0 Å². The number of aliphatic hydroxyl groups excluding tert-OH is 3. The van der Waals surface area contributed by atoms with Crippen molar-refractivity contribution in [1.29, 1.82) is 0 Å². The quantitative estimate of drug-likeness (QED) is 0.679. The zero-order valence-electron chi connectivity index (χ0n) is 15.8. The van der Waals surface area contributed by atoms with E-state index in [1.165, 1.54) is 0 Å². The molecule has 4 aliphatic carbocycles. The van der Waals surface area contributed by atoms with Crippen LogP contribution < -0.4 is 0 Å². The molecule has 4 saturated carbocycles. The number of rotatable bonds is 1. The largest absolute Gasteiger partial charge is 0.390 e. The molecule has 0 aromatic rings. The van der Waals surface area contributed by atoms with Crippen molar-refractivity contribution in [2.45, 2.75) is 84.0 Å². The number of Topliss-reactive ketones (excluding diaryl/α,β-unsaturated/α-hetero) is 1. The highest BCUT2D eigenvalue weighted by Gasteiger charge is 2.63. The monoisotopic (exact) mass is 350 g/mol. The highest BCUT2D eigenvalue weighted by Crippen LogP contribution is 2.67. The Morgan fingerprint density at radius 3 is 2.36 bits per heavy atom. The predicted octanol–water partition coefficient (Wildman–Crippen LogP) is 2.54. The van der Waals surface area contributed by atoms with Gasteiger partial charge >= 0.3 is 0 Å². The molecule has 4 nitrogen and oxygen atoms in total. The lowest BCUT2D eigenvalue weighted by Gasteiger charge is -2.62. The fourth-order valence-electron chi connectivity index (χ4n) is 7.97. The molecule has 0 saturated heterocycles. The Labute approximate surface area is 151 Å². The lowest BCUT2D eigenvalue weighted by molar-refractivity contribution is -0.207. The molecule has 3 N–H and O–H groups in total. The maximum atomic E-state index is 12.6. The lowest BCUT2D eigenvalue weighted by atomic mass is 9.44. The van der Waals surface area contributed by atoms with Crippen molar-refractivity contribution in [3.05, 3.63) is 0 Å². The summed E-state index contributed by atoms with van der Waals surface area (Å²) in [5, 5.41) is 31.1. The molecule has 4 rings (SSSR count). The Hall–Kier alpha value is -0.450. The van der Waals surface area contributed by atoms with E-state index in [0.29, 0.717) is 30.0 Å². The highest BCUT2D eigenvalue weighted by atomic mass is 16.4. The van der Waals surface area contributed by atoms with E-state index >= 15 is 0 Å². The molecule has 0 aromatic heterocycles. The fraction of sp³-hybridized carbons (Fsp3) is 0.952. The van der Waals surface area contributed by atoms with Crippen LogP contribution >= 0.6 is 0 Å². The molecule has 0 amide bonds. The molecule has 4 fully saturated rings. The molecule has 10 atom stereocenters. The third-order valence-corrected chi connectivity index (χ3v) is 9.20. The molecule has 0 bridgehead atoms. The Balaban J connectivity index is 1.66. The fourth-order valence-corrected chi connectivity index (χ4v) is 7.97. The molecule has 0 spiro atoms. The van der Waals surface area contributed by atoms with Gasteiger partial charge in [0.1, 0.15) is 11.9 Å². The Morgan fingerprint density at radius 1 is 0.960 bits per heavy atom. The highest BCUT2D eigenvalue weighted by molar-refractivity contribution is 5.84. The van der Waals surface area contributed by atoms with Crippen molar-refractivity contribution in [1.82, 2.24) is 0 Å². The van der Waals surface area contributed by atoms with Crippen LogP contribution in [0.2, 0.25) is 0 Å². The van der Waals surface area contributed by atoms with Crippen molar-refractivity contribution in [2.75, 3.05) is 0 Å². The van der Waals surface area contributed by atoms with E-state index in [0.717, 1.165) is 38.5 Å². The van der Waals surface area contributed by atoms with Crippen LogP contribution in [0.1, 0.15) is 65.7 Å². The second-order valence-electron chi connectivity index (χ2n) is 9.99. The van der Waals surface area contributed by atoms with Crippen LogP contribution in [0.3, 0.4) is 0 Å². The number of aliphatic hydroxyl groups is 3. The van der Waals surface area contributed by atoms with E-state index in [4.69, 9.17) is 0 Å². The first-order chi connectivity index (χ1) is 11.7. The van der Waals surface area contributed by atoms with Gasteiger partial charge < -0.3 is 15.3 Å². The van der Waals surface area contributed by atoms with Gasteiger partial charge in [-0.2, -0.15) is 0 Å². The second kappa shape index (κ2) is 5.77. The van der Waals surface area contributed by atoms with Crippen molar-refractivity contribution < 1.29 is 20.1 Å². The summed E-state index contributed by atoms with van der Waals surface area (Å²) < 4.78 is 0. The molecular weight excluding hydrogens is 316 g/mol. The van der Waals surface area contributed by atoms with Crippen LogP contribution in [0.5, 0.6) is 0 Å². The first-order valence-corrected chi connectivity index (χ1v) is 10.3. The standard InChI is InChI=1S/C21H34O4/c1-4-12-16(22)9-15-11-5-6-14-18(24)19(25)17(23)10-21(14,3)13(11)7-8-20(12,15)2/h11-15,17-19,23-25H,4-10H2,1-3H3. The SMILES string of the molecule is CCC1C(=O)CC2C3CCC4C(O)C(O)C(O)CC4(C)C3CCC12C. The summed E-state index contributed by atoms with van der Waals surface area (Å²) in [6, 6.07) is 0. The molecule has 4 heteroatoms. The minimum Gasteiger partial charge on any atom is -0.390 e. The maximum Gasteiger partial charge on any atom is 0.136 e. The van der Waals surface area contributed by atoms with Crippen LogP contribution in [0.15, 0.2) is 0 Å². The van der Waals surface area contributed by atoms with Gasteiger partial charge in [-0.25, -0.2) is 0 Å². The molecule has 0 radical (unpaired) electrons. The molecule has 4 aliphatic rings. The van der Waals surface area contributed by atoms with Gasteiger partial charge in [-0.15, -0.1) is 0 Å². The van der Waals surface area contributed by atoms with E-state index in [-0.39, 0.29) is 22.7 Å². The second-order valence-corrected chi connectivity index (χ2v) is 9.99. The summed E-state index contributed by atoms with van der Waals surface area (Å²) in [4.78, 5) is 12.6. The predicted molar refractivity (Wildman–Crippen MR) is 94.7 cm³/mol. The van der Waals surface area contributed by atoms with Crippen molar-refractivity contribution in [3.63, 3.8) is 0 Å². The molecule has 10 unspecified atom stereocenters. The van der Waals surface area contributed by atoms with Gasteiger partial charge in [0.2, 0.25) is 0 Å². The zero-order chi connectivity index (χ0) is 18.1. The van der Waals surface area contributed by atoms with E-state index in [1.54, 1.807) is 0 Å². The lowest BCUT2D eigenvalue weighted by Crippen LogP contribution is -2.61. The summed E-state index contributed by atoms with van der Waals surface area (Å²) in [6.45, 7) is 6.72. The Kier molecular flexibility index (Phi) is 4.14. The molecule has 142 valence electrons. The van der Waals surface area contributed by atoms with Gasteiger partial charge in [-0.05, 0) is 73.0 Å². The zero-order valence-corrected chi connectivity index (χ0v) is 15.8. The topological polar surface area (TPSA) is 77.8 Å². The number of hydrogen-bond acceptors (Lipinski definition) is 4. The number of fused-ring (bicyclic) bond motifs is 5. The molecule has 0 aromatic carbocycles. The normalized spacial score (nSPS) is 58.4. The summed E-state index contributed by atoms with van der Waals surface area (Å²) in [5.41, 5.74) is 0.0112. The average Bonchev–Trinajstić information content (AvgIpc) is 2.82. The maximum absolute atomic E-state index is 12.6. The van der Waals surface area contributed by atoms with Crippen molar-refractivity contribution in [2.24, 2.45) is 40.4 Å². The summed E-state index contributed by atoms with van der Waals surface area (Å²) in [6.07, 6.45) is 3.71. The smallest absolute Gasteiger partial charge is 0.136 e.